The van der Waals surface area contributed by atoms with Gasteiger partial charge in [0.15, 0.2) is 0 Å². The summed E-state index contributed by atoms with van der Waals surface area (Å²) in [5.74, 6) is 0.184. The first-order chi connectivity index (χ1) is 6.93. The van der Waals surface area contributed by atoms with Crippen molar-refractivity contribution in [3.8, 4) is 0 Å². The standard InChI is InChI=1S/C9H12BNO4/c1-6(2)7-3-4-9(11(14)15)8(5-7)10(12)13/h3-6,12-13H,1-2H3. The van der Waals surface area contributed by atoms with Gasteiger partial charge in [-0.05, 0) is 11.5 Å². The Balaban J connectivity index is 3.27. The highest BCUT2D eigenvalue weighted by Gasteiger charge is 2.24. The van der Waals surface area contributed by atoms with E-state index in [-0.39, 0.29) is 17.1 Å². The number of nitro benzene ring substituents is 1. The molecule has 1 aromatic carbocycles. The van der Waals surface area contributed by atoms with E-state index in [1.807, 2.05) is 13.8 Å². The molecule has 0 aliphatic heterocycles. The quantitative estimate of drug-likeness (QED) is 0.428. The van der Waals surface area contributed by atoms with Crippen LogP contribution < -0.4 is 5.46 Å². The molecule has 0 unspecified atom stereocenters. The van der Waals surface area contributed by atoms with Crippen molar-refractivity contribution in [1.29, 1.82) is 0 Å². The first-order valence-corrected chi connectivity index (χ1v) is 4.58. The maximum atomic E-state index is 10.6. The fourth-order valence-corrected chi connectivity index (χ4v) is 1.31. The van der Waals surface area contributed by atoms with Gasteiger partial charge in [-0.3, -0.25) is 10.1 Å². The molecule has 0 atom stereocenters. The lowest BCUT2D eigenvalue weighted by atomic mass is 9.77. The predicted octanol–water partition coefficient (Wildman–Crippen LogP) is 0.398. The monoisotopic (exact) mass is 209 g/mol. The van der Waals surface area contributed by atoms with E-state index in [4.69, 9.17) is 10.0 Å². The lowest BCUT2D eigenvalue weighted by molar-refractivity contribution is -0.383. The maximum absolute atomic E-state index is 10.6. The minimum atomic E-state index is -1.82. The van der Waals surface area contributed by atoms with Crippen molar-refractivity contribution in [3.05, 3.63) is 33.9 Å². The lowest BCUT2D eigenvalue weighted by Crippen LogP contribution is -2.32. The van der Waals surface area contributed by atoms with Crippen LogP contribution in [0.25, 0.3) is 0 Å². The second-order valence-corrected chi connectivity index (χ2v) is 3.60. The number of benzene rings is 1. The second-order valence-electron chi connectivity index (χ2n) is 3.60. The molecule has 0 aromatic heterocycles. The minimum Gasteiger partial charge on any atom is -0.423 e. The van der Waals surface area contributed by atoms with Gasteiger partial charge < -0.3 is 10.0 Å². The first kappa shape index (κ1) is 11.7. The van der Waals surface area contributed by atoms with E-state index < -0.39 is 12.0 Å². The van der Waals surface area contributed by atoms with Gasteiger partial charge in [-0.25, -0.2) is 0 Å². The molecular formula is C9H12BNO4. The van der Waals surface area contributed by atoms with Crippen LogP contribution in [0.3, 0.4) is 0 Å². The van der Waals surface area contributed by atoms with Gasteiger partial charge >= 0.3 is 7.12 Å². The second kappa shape index (κ2) is 4.42. The molecule has 0 bridgehead atoms. The average Bonchev–Trinajstić information content (AvgIpc) is 2.16. The summed E-state index contributed by atoms with van der Waals surface area (Å²) in [4.78, 5) is 9.96. The molecule has 0 fully saturated rings. The molecule has 5 nitrogen and oxygen atoms in total. The van der Waals surface area contributed by atoms with Crippen molar-refractivity contribution in [2.75, 3.05) is 0 Å². The van der Waals surface area contributed by atoms with Crippen molar-refractivity contribution >= 4 is 18.3 Å². The Hall–Kier alpha value is -1.40. The number of nitro groups is 1. The normalized spacial score (nSPS) is 10.5. The molecule has 0 heterocycles. The average molecular weight is 209 g/mol. The highest BCUT2D eigenvalue weighted by molar-refractivity contribution is 6.60. The molecule has 6 heteroatoms. The van der Waals surface area contributed by atoms with Crippen molar-refractivity contribution in [3.63, 3.8) is 0 Å². The molecule has 80 valence electrons. The van der Waals surface area contributed by atoms with Crippen LogP contribution in [0.4, 0.5) is 5.69 Å². The van der Waals surface area contributed by atoms with E-state index in [2.05, 4.69) is 0 Å². The van der Waals surface area contributed by atoms with Crippen LogP contribution in [-0.2, 0) is 0 Å². The molecule has 0 aliphatic rings. The molecular weight excluding hydrogens is 197 g/mol. The predicted molar refractivity (Wildman–Crippen MR) is 57.0 cm³/mol. The summed E-state index contributed by atoms with van der Waals surface area (Å²) >= 11 is 0. The Kier molecular flexibility index (Phi) is 3.44. The number of hydrogen-bond acceptors (Lipinski definition) is 4. The summed E-state index contributed by atoms with van der Waals surface area (Å²) in [7, 11) is -1.82. The summed E-state index contributed by atoms with van der Waals surface area (Å²) in [5.41, 5.74) is 0.504. The van der Waals surface area contributed by atoms with Crippen molar-refractivity contribution in [2.45, 2.75) is 19.8 Å². The first-order valence-electron chi connectivity index (χ1n) is 4.58. The van der Waals surface area contributed by atoms with Gasteiger partial charge in [0.1, 0.15) is 0 Å². The van der Waals surface area contributed by atoms with Gasteiger partial charge in [-0.2, -0.15) is 0 Å². The van der Waals surface area contributed by atoms with E-state index in [0.717, 1.165) is 5.56 Å². The highest BCUT2D eigenvalue weighted by Crippen LogP contribution is 2.17. The molecule has 15 heavy (non-hydrogen) atoms. The van der Waals surface area contributed by atoms with Gasteiger partial charge in [-0.15, -0.1) is 0 Å². The number of rotatable bonds is 3. The van der Waals surface area contributed by atoms with Gasteiger partial charge in [0.2, 0.25) is 0 Å². The third kappa shape index (κ3) is 2.54. The summed E-state index contributed by atoms with van der Waals surface area (Å²) in [6.07, 6.45) is 0. The topological polar surface area (TPSA) is 83.6 Å². The zero-order valence-electron chi connectivity index (χ0n) is 8.54. The molecule has 1 aromatic rings. The Morgan fingerprint density at radius 3 is 2.40 bits per heavy atom. The SMILES string of the molecule is CC(C)c1ccc([N+](=O)[O-])c(B(O)O)c1. The van der Waals surface area contributed by atoms with Gasteiger partial charge in [0.25, 0.3) is 5.69 Å². The molecule has 0 saturated heterocycles. The van der Waals surface area contributed by atoms with Crippen molar-refractivity contribution < 1.29 is 15.0 Å². The fraction of sp³-hybridized carbons (Fsp3) is 0.333. The van der Waals surface area contributed by atoms with Crippen LogP contribution in [-0.4, -0.2) is 22.1 Å². The molecule has 0 aliphatic carbocycles. The van der Waals surface area contributed by atoms with E-state index in [0.29, 0.717) is 0 Å². The maximum Gasteiger partial charge on any atom is 0.495 e. The summed E-state index contributed by atoms with van der Waals surface area (Å²) in [6.45, 7) is 3.85. The third-order valence-corrected chi connectivity index (χ3v) is 2.19. The third-order valence-electron chi connectivity index (χ3n) is 2.19. The minimum absolute atomic E-state index is 0.0637. The molecule has 0 amide bonds. The zero-order valence-corrected chi connectivity index (χ0v) is 8.54. The Labute approximate surface area is 87.7 Å². The summed E-state index contributed by atoms with van der Waals surface area (Å²) in [6, 6.07) is 4.37. The van der Waals surface area contributed by atoms with Crippen LogP contribution in [0.5, 0.6) is 0 Å². The Morgan fingerprint density at radius 1 is 1.40 bits per heavy atom. The van der Waals surface area contributed by atoms with Crippen molar-refractivity contribution in [1.82, 2.24) is 0 Å². The van der Waals surface area contributed by atoms with Crippen LogP contribution in [0.1, 0.15) is 25.3 Å². The number of nitrogens with zero attached hydrogens (tertiary/aromatic N) is 1. The largest absolute Gasteiger partial charge is 0.495 e. The fourth-order valence-electron chi connectivity index (χ4n) is 1.31. The van der Waals surface area contributed by atoms with Crippen LogP contribution in [0.15, 0.2) is 18.2 Å². The molecule has 0 saturated carbocycles. The van der Waals surface area contributed by atoms with Gasteiger partial charge in [-0.1, -0.05) is 26.0 Å². The van der Waals surface area contributed by atoms with Gasteiger partial charge in [0, 0.05) is 6.07 Å². The highest BCUT2D eigenvalue weighted by atomic mass is 16.6. The molecule has 0 radical (unpaired) electrons. The van der Waals surface area contributed by atoms with Crippen molar-refractivity contribution in [2.24, 2.45) is 0 Å². The van der Waals surface area contributed by atoms with E-state index in [1.54, 1.807) is 6.07 Å². The van der Waals surface area contributed by atoms with E-state index in [9.17, 15) is 10.1 Å². The van der Waals surface area contributed by atoms with Gasteiger partial charge in [0.05, 0.1) is 10.4 Å². The molecule has 1 rings (SSSR count). The molecule has 0 spiro atoms. The summed E-state index contributed by atoms with van der Waals surface area (Å²) in [5, 5.41) is 28.6. The molecule has 2 N–H and O–H groups in total. The van der Waals surface area contributed by atoms with E-state index in [1.165, 1.54) is 12.1 Å². The van der Waals surface area contributed by atoms with E-state index >= 15 is 0 Å². The number of hydrogen-bond donors (Lipinski definition) is 2. The Morgan fingerprint density at radius 2 is 2.00 bits per heavy atom. The van der Waals surface area contributed by atoms with Crippen LogP contribution in [0, 0.1) is 10.1 Å². The smallest absolute Gasteiger partial charge is 0.423 e. The van der Waals surface area contributed by atoms with Crippen LogP contribution in [0.2, 0.25) is 0 Å². The van der Waals surface area contributed by atoms with Crippen LogP contribution >= 0.6 is 0 Å². The summed E-state index contributed by atoms with van der Waals surface area (Å²) < 4.78 is 0. The lowest BCUT2D eigenvalue weighted by Gasteiger charge is -2.08. The zero-order chi connectivity index (χ0) is 11.6. The Bertz CT molecular complexity index is 378.